The van der Waals surface area contributed by atoms with Crippen LogP contribution in [-0.2, 0) is 20.2 Å². The summed E-state index contributed by atoms with van der Waals surface area (Å²) in [5, 5.41) is 1.88. The molecule has 2 aliphatic heterocycles. The van der Waals surface area contributed by atoms with Crippen LogP contribution >= 0.6 is 23.1 Å². The highest BCUT2D eigenvalue weighted by Crippen LogP contribution is 2.46. The lowest BCUT2D eigenvalue weighted by Gasteiger charge is -2.23. The second-order valence-electron chi connectivity index (χ2n) is 7.72. The number of sulfonamides is 1. The second-order valence-corrected chi connectivity index (χ2v) is 11.5. The van der Waals surface area contributed by atoms with E-state index < -0.39 is 10.0 Å². The molecule has 1 amide bonds. The SMILES string of the molecule is CCN1C(=O)/C(=C/C=C2/N(C)c3ccccc3C2(C)C)SC1=NS(=O)(=O)c1cccs1. The first-order valence-corrected chi connectivity index (χ1v) is 12.9. The predicted molar refractivity (Wildman–Crippen MR) is 128 cm³/mol. The van der Waals surface area contributed by atoms with Crippen LogP contribution in [0.2, 0.25) is 0 Å². The molecule has 6 nitrogen and oxygen atoms in total. The fourth-order valence-electron chi connectivity index (χ4n) is 3.88. The molecule has 9 heteroatoms. The van der Waals surface area contributed by atoms with Gasteiger partial charge in [-0.15, -0.1) is 15.7 Å². The molecule has 0 unspecified atom stereocenters. The van der Waals surface area contributed by atoms with E-state index in [4.69, 9.17) is 0 Å². The van der Waals surface area contributed by atoms with Crippen molar-refractivity contribution in [3.8, 4) is 0 Å². The van der Waals surface area contributed by atoms with Crippen molar-refractivity contribution in [2.75, 3.05) is 18.5 Å². The van der Waals surface area contributed by atoms with Gasteiger partial charge in [-0.3, -0.25) is 9.69 Å². The van der Waals surface area contributed by atoms with Crippen molar-refractivity contribution in [1.82, 2.24) is 4.90 Å². The maximum absolute atomic E-state index is 12.9. The van der Waals surface area contributed by atoms with Gasteiger partial charge in [0.2, 0.25) is 0 Å². The molecule has 0 aliphatic carbocycles. The molecule has 1 aromatic carbocycles. The summed E-state index contributed by atoms with van der Waals surface area (Å²) in [4.78, 5) is 16.9. The van der Waals surface area contributed by atoms with Gasteiger partial charge in [-0.1, -0.05) is 38.1 Å². The zero-order chi connectivity index (χ0) is 22.4. The number of anilines is 1. The summed E-state index contributed by atoms with van der Waals surface area (Å²) < 4.78 is 29.3. The fourth-order valence-corrected chi connectivity index (χ4v) is 7.04. The number of likely N-dealkylation sites (N-methyl/N-ethyl adjacent to an activating group) is 2. The van der Waals surface area contributed by atoms with Crippen molar-refractivity contribution in [3.63, 3.8) is 0 Å². The zero-order valence-corrected chi connectivity index (χ0v) is 20.1. The van der Waals surface area contributed by atoms with E-state index in [0.29, 0.717) is 11.4 Å². The first-order chi connectivity index (χ1) is 14.7. The Bertz CT molecular complexity index is 1230. The number of carbonyl (C=O) groups excluding carboxylic acids is 1. The number of nitrogens with zero attached hydrogens (tertiary/aromatic N) is 3. The van der Waals surface area contributed by atoms with Crippen LogP contribution < -0.4 is 4.90 Å². The molecule has 0 radical (unpaired) electrons. The summed E-state index contributed by atoms with van der Waals surface area (Å²) in [6.07, 6.45) is 3.72. The summed E-state index contributed by atoms with van der Waals surface area (Å²) in [6, 6.07) is 11.4. The molecular weight excluding hydrogens is 450 g/mol. The number of rotatable bonds is 4. The molecule has 2 aromatic rings. The molecule has 2 aliphatic rings. The molecule has 0 atom stereocenters. The molecule has 1 saturated heterocycles. The Balaban J connectivity index is 1.68. The molecule has 1 fully saturated rings. The smallest absolute Gasteiger partial charge is 0.294 e. The number of thioether (sulfide) groups is 1. The summed E-state index contributed by atoms with van der Waals surface area (Å²) in [5.74, 6) is -0.236. The van der Waals surface area contributed by atoms with Gasteiger partial charge >= 0.3 is 0 Å². The minimum absolute atomic E-state index is 0.163. The zero-order valence-electron chi connectivity index (χ0n) is 17.7. The number of hydrogen-bond donors (Lipinski definition) is 0. The molecule has 4 rings (SSSR count). The number of hydrogen-bond acceptors (Lipinski definition) is 6. The van der Waals surface area contributed by atoms with Crippen LogP contribution in [0.4, 0.5) is 5.69 Å². The number of carbonyl (C=O) groups is 1. The molecular formula is C22H23N3O3S3. The molecule has 1 aromatic heterocycles. The summed E-state index contributed by atoms with van der Waals surface area (Å²) in [6.45, 7) is 6.46. The van der Waals surface area contributed by atoms with Crippen LogP contribution in [0.3, 0.4) is 0 Å². The maximum atomic E-state index is 12.9. The van der Waals surface area contributed by atoms with Crippen LogP contribution in [0.25, 0.3) is 0 Å². The highest BCUT2D eigenvalue weighted by atomic mass is 32.2. The number of amides is 1. The second kappa shape index (κ2) is 7.96. The third kappa shape index (κ3) is 3.75. The number of fused-ring (bicyclic) bond motifs is 1. The monoisotopic (exact) mass is 473 g/mol. The quantitative estimate of drug-likeness (QED) is 0.608. The van der Waals surface area contributed by atoms with Gasteiger partial charge in [0.25, 0.3) is 15.9 Å². The van der Waals surface area contributed by atoms with Crippen molar-refractivity contribution >= 4 is 49.9 Å². The van der Waals surface area contributed by atoms with Crippen molar-refractivity contribution in [2.24, 2.45) is 4.40 Å². The number of allylic oxidation sites excluding steroid dienone is 3. The standard InChI is InChI=1S/C22H23N3O3S3/c1-5-25-20(26)17(30-21(25)23-31(27,28)19-11-8-14-29-19)12-13-18-22(2,3)15-9-6-7-10-16(15)24(18)4/h6-14H,5H2,1-4H3/b17-12-,18-13+,23-21?. The number of para-hydroxylation sites is 1. The Labute approximate surface area is 191 Å². The van der Waals surface area contributed by atoms with E-state index in [1.165, 1.54) is 16.5 Å². The van der Waals surface area contributed by atoms with Crippen LogP contribution in [-0.4, -0.2) is 38.0 Å². The van der Waals surface area contributed by atoms with Gasteiger partial charge in [0.1, 0.15) is 4.21 Å². The molecule has 3 heterocycles. The van der Waals surface area contributed by atoms with Gasteiger partial charge in [0, 0.05) is 30.4 Å². The van der Waals surface area contributed by atoms with E-state index in [0.717, 1.165) is 34.5 Å². The van der Waals surface area contributed by atoms with E-state index in [-0.39, 0.29) is 20.7 Å². The van der Waals surface area contributed by atoms with E-state index in [9.17, 15) is 13.2 Å². The van der Waals surface area contributed by atoms with E-state index in [1.807, 2.05) is 25.3 Å². The number of thiophene rings is 1. The largest absolute Gasteiger partial charge is 0.347 e. The predicted octanol–water partition coefficient (Wildman–Crippen LogP) is 4.58. The van der Waals surface area contributed by atoms with Gasteiger partial charge in [0.15, 0.2) is 5.17 Å². The van der Waals surface area contributed by atoms with Crippen LogP contribution in [0.1, 0.15) is 26.3 Å². The maximum Gasteiger partial charge on any atom is 0.294 e. The fraction of sp³-hybridized carbons (Fsp3) is 0.273. The van der Waals surface area contributed by atoms with Gasteiger partial charge in [-0.2, -0.15) is 8.42 Å². The third-order valence-electron chi connectivity index (χ3n) is 5.48. The average molecular weight is 474 g/mol. The molecule has 0 N–H and O–H groups in total. The van der Waals surface area contributed by atoms with E-state index >= 15 is 0 Å². The van der Waals surface area contributed by atoms with Crippen molar-refractivity contribution < 1.29 is 13.2 Å². The van der Waals surface area contributed by atoms with Gasteiger partial charge in [0.05, 0.1) is 4.91 Å². The number of benzene rings is 1. The normalized spacial score (nSPS) is 22.2. The van der Waals surface area contributed by atoms with Crippen molar-refractivity contribution in [1.29, 1.82) is 0 Å². The Morgan fingerprint density at radius 1 is 1.13 bits per heavy atom. The topological polar surface area (TPSA) is 70.1 Å². The van der Waals surface area contributed by atoms with Crippen LogP contribution in [0, 0.1) is 0 Å². The van der Waals surface area contributed by atoms with E-state index in [2.05, 4.69) is 35.3 Å². The molecule has 0 spiro atoms. The molecule has 162 valence electrons. The third-order valence-corrected chi connectivity index (χ3v) is 9.27. The first kappa shape index (κ1) is 21.9. The van der Waals surface area contributed by atoms with E-state index in [1.54, 1.807) is 24.4 Å². The Kier molecular flexibility index (Phi) is 5.61. The summed E-state index contributed by atoms with van der Waals surface area (Å²) in [7, 11) is -1.83. The highest BCUT2D eigenvalue weighted by Gasteiger charge is 2.38. The lowest BCUT2D eigenvalue weighted by Crippen LogP contribution is -2.29. The summed E-state index contributed by atoms with van der Waals surface area (Å²) in [5.41, 5.74) is 3.22. The van der Waals surface area contributed by atoms with Crippen LogP contribution in [0.15, 0.2) is 73.1 Å². The number of amidine groups is 1. The van der Waals surface area contributed by atoms with Gasteiger partial charge in [-0.05, 0) is 53.9 Å². The van der Waals surface area contributed by atoms with Crippen molar-refractivity contribution in [2.45, 2.75) is 30.4 Å². The lowest BCUT2D eigenvalue weighted by molar-refractivity contribution is -0.122. The Morgan fingerprint density at radius 3 is 2.52 bits per heavy atom. The minimum Gasteiger partial charge on any atom is -0.347 e. The molecule has 0 saturated carbocycles. The lowest BCUT2D eigenvalue weighted by atomic mass is 9.84. The minimum atomic E-state index is -3.84. The van der Waals surface area contributed by atoms with Gasteiger partial charge < -0.3 is 4.90 Å². The van der Waals surface area contributed by atoms with Gasteiger partial charge in [-0.25, -0.2) is 0 Å². The summed E-state index contributed by atoms with van der Waals surface area (Å²) >= 11 is 2.20. The molecule has 0 bridgehead atoms. The highest BCUT2D eigenvalue weighted by molar-refractivity contribution is 8.19. The first-order valence-electron chi connectivity index (χ1n) is 9.80. The Morgan fingerprint density at radius 2 is 1.87 bits per heavy atom. The Hall–Kier alpha value is -2.36. The van der Waals surface area contributed by atoms with Crippen LogP contribution in [0.5, 0.6) is 0 Å². The average Bonchev–Trinajstić information content (AvgIpc) is 3.40. The van der Waals surface area contributed by atoms with Crippen molar-refractivity contribution in [3.05, 3.63) is 70.1 Å². The molecule has 31 heavy (non-hydrogen) atoms.